The molecule has 12 heteroatoms. The molecular weight excluding hydrogens is 396 g/mol. The Morgan fingerprint density at radius 2 is 1.97 bits per heavy atom. The third-order valence-electron chi connectivity index (χ3n) is 4.51. The van der Waals surface area contributed by atoms with Crippen LogP contribution in [0.1, 0.15) is 10.9 Å². The Labute approximate surface area is 166 Å². The van der Waals surface area contributed by atoms with Crippen molar-refractivity contribution in [1.29, 1.82) is 0 Å². The van der Waals surface area contributed by atoms with Gasteiger partial charge in [-0.2, -0.15) is 4.52 Å². The van der Waals surface area contributed by atoms with Crippen molar-refractivity contribution in [3.63, 3.8) is 0 Å². The van der Waals surface area contributed by atoms with Gasteiger partial charge in [0.15, 0.2) is 5.82 Å². The number of hydrogen-bond donors (Lipinski definition) is 1. The zero-order chi connectivity index (χ0) is 20.0. The van der Waals surface area contributed by atoms with Gasteiger partial charge < -0.3 is 0 Å². The van der Waals surface area contributed by atoms with Crippen molar-refractivity contribution < 1.29 is 9.72 Å². The number of non-ortho nitro benzene ring substituents is 1. The van der Waals surface area contributed by atoms with Crippen LogP contribution in [0.5, 0.6) is 0 Å². The molecule has 1 unspecified atom stereocenters. The summed E-state index contributed by atoms with van der Waals surface area (Å²) in [5, 5.41) is 23.7. The molecule has 0 spiro atoms. The van der Waals surface area contributed by atoms with E-state index in [9.17, 15) is 14.9 Å². The molecule has 2 aromatic carbocycles. The second-order valence-electron chi connectivity index (χ2n) is 6.25. The van der Waals surface area contributed by atoms with Gasteiger partial charge in [0.05, 0.1) is 21.7 Å². The number of nitro benzene ring substituents is 1. The van der Waals surface area contributed by atoms with Crippen molar-refractivity contribution >= 4 is 45.9 Å². The first-order valence-electron chi connectivity index (χ1n) is 8.53. The van der Waals surface area contributed by atoms with Crippen LogP contribution >= 0.6 is 11.8 Å². The van der Waals surface area contributed by atoms with E-state index in [0.717, 1.165) is 11.1 Å². The quantitative estimate of drug-likeness (QED) is 0.398. The van der Waals surface area contributed by atoms with Gasteiger partial charge in [-0.15, -0.1) is 16.9 Å². The molecule has 0 bridgehead atoms. The molecular formula is C17H12N8O3S. The van der Waals surface area contributed by atoms with E-state index in [0.29, 0.717) is 17.0 Å². The Hall–Kier alpha value is -3.80. The number of tetrazole rings is 1. The van der Waals surface area contributed by atoms with Crippen LogP contribution in [0.25, 0.3) is 16.7 Å². The van der Waals surface area contributed by atoms with E-state index in [1.807, 2.05) is 24.3 Å². The second-order valence-corrected chi connectivity index (χ2v) is 7.32. The summed E-state index contributed by atoms with van der Waals surface area (Å²) in [6, 6.07) is 13.5. The number of fused-ring (bicyclic) bond motifs is 3. The van der Waals surface area contributed by atoms with Crippen LogP contribution in [-0.2, 0) is 4.79 Å². The van der Waals surface area contributed by atoms with Crippen molar-refractivity contribution in [3.05, 3.63) is 64.2 Å². The summed E-state index contributed by atoms with van der Waals surface area (Å²) in [5.74, 6) is 0.471. The number of hydrazine groups is 1. The number of nitrogens with zero attached hydrogens (tertiary/aromatic N) is 7. The number of aromatic nitrogens is 5. The summed E-state index contributed by atoms with van der Waals surface area (Å²) in [5.41, 5.74) is 5.60. The predicted octanol–water partition coefficient (Wildman–Crippen LogP) is 2.18. The summed E-state index contributed by atoms with van der Waals surface area (Å²) in [6.45, 7) is 0. The van der Waals surface area contributed by atoms with Crippen LogP contribution in [0.15, 0.2) is 48.5 Å². The molecule has 0 radical (unpaired) electrons. The topological polar surface area (TPSA) is 131 Å². The third-order valence-corrected chi connectivity index (χ3v) is 5.72. The fraction of sp³-hybridized carbons (Fsp3) is 0.118. The van der Waals surface area contributed by atoms with Crippen molar-refractivity contribution in [2.24, 2.45) is 0 Å². The number of amides is 1. The van der Waals surface area contributed by atoms with Gasteiger partial charge in [0, 0.05) is 12.1 Å². The van der Waals surface area contributed by atoms with Crippen LogP contribution in [0.3, 0.4) is 0 Å². The van der Waals surface area contributed by atoms with Crippen molar-refractivity contribution in [3.8, 4) is 0 Å². The molecule has 29 heavy (non-hydrogen) atoms. The number of nitro groups is 1. The predicted molar refractivity (Wildman–Crippen MR) is 105 cm³/mol. The molecule has 1 N–H and O–H groups in total. The van der Waals surface area contributed by atoms with Crippen LogP contribution in [0.2, 0.25) is 0 Å². The lowest BCUT2D eigenvalue weighted by Crippen LogP contribution is -2.34. The number of thioether (sulfide) groups is 1. The van der Waals surface area contributed by atoms with Gasteiger partial charge in [-0.3, -0.25) is 20.3 Å². The highest BCUT2D eigenvalue weighted by molar-refractivity contribution is 8.00. The largest absolute Gasteiger partial charge is 0.275 e. The van der Waals surface area contributed by atoms with E-state index in [1.165, 1.54) is 28.9 Å². The fourth-order valence-corrected chi connectivity index (χ4v) is 4.25. The minimum Gasteiger partial charge on any atom is -0.275 e. The molecule has 2 aromatic heterocycles. The maximum absolute atomic E-state index is 12.5. The summed E-state index contributed by atoms with van der Waals surface area (Å²) >= 11 is 1.41. The molecule has 1 aliphatic rings. The molecule has 1 aliphatic heterocycles. The van der Waals surface area contributed by atoms with Gasteiger partial charge in [-0.1, -0.05) is 12.1 Å². The average molecular weight is 408 g/mol. The van der Waals surface area contributed by atoms with Gasteiger partial charge in [0.25, 0.3) is 11.6 Å². The van der Waals surface area contributed by atoms with E-state index in [4.69, 9.17) is 0 Å². The van der Waals surface area contributed by atoms with Crippen LogP contribution < -0.4 is 5.43 Å². The maximum Gasteiger partial charge on any atom is 0.269 e. The fourth-order valence-electron chi connectivity index (χ4n) is 3.15. The average Bonchev–Trinajstić information content (AvgIpc) is 3.36. The van der Waals surface area contributed by atoms with Crippen LogP contribution in [0, 0.1) is 10.1 Å². The number of carbonyl (C=O) groups is 1. The molecule has 11 nitrogen and oxygen atoms in total. The Morgan fingerprint density at radius 3 is 2.76 bits per heavy atom. The van der Waals surface area contributed by atoms with Crippen molar-refractivity contribution in [1.82, 2.24) is 30.0 Å². The van der Waals surface area contributed by atoms with E-state index < -0.39 is 4.92 Å². The van der Waals surface area contributed by atoms with Gasteiger partial charge in [0.2, 0.25) is 5.65 Å². The van der Waals surface area contributed by atoms with Gasteiger partial charge in [-0.25, -0.2) is 9.99 Å². The van der Waals surface area contributed by atoms with E-state index in [1.54, 1.807) is 16.6 Å². The van der Waals surface area contributed by atoms with Gasteiger partial charge >= 0.3 is 0 Å². The number of anilines is 1. The highest BCUT2D eigenvalue weighted by Crippen LogP contribution is 2.39. The molecule has 1 fully saturated rings. The number of nitrogens with one attached hydrogen (secondary N) is 1. The highest BCUT2D eigenvalue weighted by atomic mass is 32.2. The number of carbonyl (C=O) groups excluding carboxylic acids is 1. The molecule has 144 valence electrons. The number of benzene rings is 2. The summed E-state index contributed by atoms with van der Waals surface area (Å²) in [6.07, 6.45) is 0. The number of hydrogen-bond acceptors (Lipinski definition) is 9. The maximum atomic E-state index is 12.5. The number of rotatable bonds is 4. The van der Waals surface area contributed by atoms with Crippen LogP contribution in [-0.4, -0.2) is 46.6 Å². The summed E-state index contributed by atoms with van der Waals surface area (Å²) in [7, 11) is 0. The molecule has 1 amide bonds. The monoisotopic (exact) mass is 408 g/mol. The third kappa shape index (κ3) is 2.89. The molecule has 0 saturated carbocycles. The van der Waals surface area contributed by atoms with Crippen LogP contribution in [0.4, 0.5) is 11.5 Å². The number of para-hydroxylation sites is 2. The Bertz CT molecular complexity index is 1260. The molecule has 5 rings (SSSR count). The van der Waals surface area contributed by atoms with E-state index in [2.05, 4.69) is 25.9 Å². The minimum atomic E-state index is -0.458. The van der Waals surface area contributed by atoms with Crippen molar-refractivity contribution in [2.45, 2.75) is 5.37 Å². The normalized spacial score (nSPS) is 16.6. The highest BCUT2D eigenvalue weighted by Gasteiger charge is 2.34. The summed E-state index contributed by atoms with van der Waals surface area (Å²) in [4.78, 5) is 27.5. The lowest BCUT2D eigenvalue weighted by molar-refractivity contribution is -0.384. The first-order valence-corrected chi connectivity index (χ1v) is 9.58. The first kappa shape index (κ1) is 17.3. The molecule has 1 atom stereocenters. The van der Waals surface area contributed by atoms with E-state index >= 15 is 0 Å². The van der Waals surface area contributed by atoms with E-state index in [-0.39, 0.29) is 22.7 Å². The van der Waals surface area contributed by atoms with Gasteiger partial charge in [0.1, 0.15) is 5.37 Å². The lowest BCUT2D eigenvalue weighted by Gasteiger charge is -2.25. The Morgan fingerprint density at radius 1 is 1.17 bits per heavy atom. The Kier molecular flexibility index (Phi) is 3.98. The zero-order valence-corrected chi connectivity index (χ0v) is 15.5. The summed E-state index contributed by atoms with van der Waals surface area (Å²) < 4.78 is 1.55. The van der Waals surface area contributed by atoms with Gasteiger partial charge in [-0.05, 0) is 40.3 Å². The standard InChI is InChI=1S/C17H12N8O3S/c26-14-9-29-17(10-5-7-11(8-6-10)25(27)28)24(14)20-15-16-19-21-22-23(16)13-4-2-1-3-12(13)18-15/h1-8,17H,9H2,(H,18,20). The van der Waals surface area contributed by atoms with Crippen molar-refractivity contribution in [2.75, 3.05) is 11.2 Å². The first-order chi connectivity index (χ1) is 14.1. The minimum absolute atomic E-state index is 0.00461. The molecule has 4 aromatic rings. The molecule has 1 saturated heterocycles. The SMILES string of the molecule is O=C1CSC(c2ccc([N+](=O)[O-])cc2)N1Nc1nc2ccccc2n2nnnc12. The smallest absolute Gasteiger partial charge is 0.269 e. The molecule has 0 aliphatic carbocycles. The lowest BCUT2D eigenvalue weighted by atomic mass is 10.2. The zero-order valence-electron chi connectivity index (χ0n) is 14.7. The molecule has 3 heterocycles. The second kappa shape index (κ2) is 6.67. The Balaban J connectivity index is 1.53.